The molecule has 1 aromatic heterocycles. The summed E-state index contributed by atoms with van der Waals surface area (Å²) < 4.78 is 0.854. The van der Waals surface area contributed by atoms with Gasteiger partial charge in [0.05, 0.1) is 5.02 Å². The Morgan fingerprint density at radius 1 is 1.38 bits per heavy atom. The number of benzene rings is 1. The minimum Gasteiger partial charge on any atom is -0.289 e. The van der Waals surface area contributed by atoms with Crippen molar-refractivity contribution in [3.05, 3.63) is 55.1 Å². The fourth-order valence-corrected chi connectivity index (χ4v) is 2.64. The van der Waals surface area contributed by atoms with Gasteiger partial charge in [0.1, 0.15) is 0 Å². The maximum atomic E-state index is 12.1. The molecule has 2 aromatic rings. The molecule has 0 aliphatic rings. The van der Waals surface area contributed by atoms with E-state index in [1.54, 1.807) is 23.5 Å². The lowest BCUT2D eigenvalue weighted by Gasteiger charge is -2.02. The van der Waals surface area contributed by atoms with E-state index in [-0.39, 0.29) is 5.78 Å². The molecule has 0 unspecified atom stereocenters. The molecule has 0 fully saturated rings. The molecule has 2 rings (SSSR count). The van der Waals surface area contributed by atoms with E-state index in [1.807, 2.05) is 24.4 Å². The molecule has 1 aromatic carbocycles. The number of aryl methyl sites for hydroxylation is 1. The fourth-order valence-electron chi connectivity index (χ4n) is 1.39. The molecule has 82 valence electrons. The van der Waals surface area contributed by atoms with Gasteiger partial charge in [0.15, 0.2) is 5.78 Å². The van der Waals surface area contributed by atoms with E-state index in [0.29, 0.717) is 16.1 Å². The van der Waals surface area contributed by atoms with Crippen molar-refractivity contribution >= 4 is 44.7 Å². The lowest BCUT2D eigenvalue weighted by molar-refractivity contribution is 0.103. The third-order valence-corrected chi connectivity index (χ3v) is 3.85. The van der Waals surface area contributed by atoms with Crippen LogP contribution >= 0.6 is 38.9 Å². The van der Waals surface area contributed by atoms with E-state index in [1.165, 1.54) is 0 Å². The van der Waals surface area contributed by atoms with Crippen LogP contribution in [0.3, 0.4) is 0 Å². The number of rotatable bonds is 2. The first kappa shape index (κ1) is 11.8. The molecule has 1 nitrogen and oxygen atoms in total. The van der Waals surface area contributed by atoms with Gasteiger partial charge >= 0.3 is 0 Å². The Kier molecular flexibility index (Phi) is 3.47. The Balaban J connectivity index is 2.45. The Hall–Kier alpha value is -0.640. The molecule has 1 heterocycles. The van der Waals surface area contributed by atoms with Crippen LogP contribution in [0, 0.1) is 6.92 Å². The van der Waals surface area contributed by atoms with E-state index in [2.05, 4.69) is 15.9 Å². The van der Waals surface area contributed by atoms with Gasteiger partial charge in [-0.15, -0.1) is 11.3 Å². The summed E-state index contributed by atoms with van der Waals surface area (Å²) in [5.41, 5.74) is 1.23. The molecular formula is C12H8BrClOS. The Bertz CT molecular complexity index is 548. The van der Waals surface area contributed by atoms with Crippen LogP contribution < -0.4 is 0 Å². The molecule has 4 heteroatoms. The minimum atomic E-state index is -0.0318. The van der Waals surface area contributed by atoms with Crippen molar-refractivity contribution in [1.82, 2.24) is 0 Å². The van der Waals surface area contributed by atoms with E-state index in [4.69, 9.17) is 11.6 Å². The van der Waals surface area contributed by atoms with Crippen LogP contribution in [0.1, 0.15) is 20.8 Å². The average Bonchev–Trinajstić information content (AvgIpc) is 2.67. The predicted molar refractivity (Wildman–Crippen MR) is 71.6 cm³/mol. The molecule has 16 heavy (non-hydrogen) atoms. The summed E-state index contributed by atoms with van der Waals surface area (Å²) in [4.78, 5) is 13.3. The summed E-state index contributed by atoms with van der Waals surface area (Å²) in [6, 6.07) is 7.16. The van der Waals surface area contributed by atoms with Crippen molar-refractivity contribution in [3.63, 3.8) is 0 Å². The van der Waals surface area contributed by atoms with Gasteiger partial charge in [0, 0.05) is 25.9 Å². The van der Waals surface area contributed by atoms with Crippen LogP contribution in [0.2, 0.25) is 5.02 Å². The highest BCUT2D eigenvalue weighted by Gasteiger charge is 2.14. The van der Waals surface area contributed by atoms with Crippen LogP contribution in [-0.2, 0) is 0 Å². The largest absolute Gasteiger partial charge is 0.289 e. The summed E-state index contributed by atoms with van der Waals surface area (Å²) in [5.74, 6) is -0.0318. The van der Waals surface area contributed by atoms with Crippen LogP contribution in [0.5, 0.6) is 0 Å². The van der Waals surface area contributed by atoms with Crippen LogP contribution in [0.4, 0.5) is 0 Å². The molecule has 0 saturated carbocycles. The van der Waals surface area contributed by atoms with E-state index < -0.39 is 0 Å². The molecule has 0 spiro atoms. The van der Waals surface area contributed by atoms with Gasteiger partial charge in [-0.2, -0.15) is 0 Å². The topological polar surface area (TPSA) is 17.1 Å². The normalized spacial score (nSPS) is 10.4. The monoisotopic (exact) mass is 314 g/mol. The zero-order chi connectivity index (χ0) is 11.7. The molecule has 0 aliphatic heterocycles. The number of carbonyl (C=O) groups is 1. The molecular weight excluding hydrogens is 308 g/mol. The van der Waals surface area contributed by atoms with Crippen molar-refractivity contribution < 1.29 is 4.79 Å². The number of thiophene rings is 1. The van der Waals surface area contributed by atoms with E-state index >= 15 is 0 Å². The highest BCUT2D eigenvalue weighted by Crippen LogP contribution is 2.25. The lowest BCUT2D eigenvalue weighted by atomic mass is 10.1. The van der Waals surface area contributed by atoms with Crippen LogP contribution in [-0.4, -0.2) is 5.78 Å². The maximum Gasteiger partial charge on any atom is 0.195 e. The molecule has 0 N–H and O–H groups in total. The Morgan fingerprint density at radius 2 is 2.12 bits per heavy atom. The second-order valence-corrected chi connectivity index (χ2v) is 5.84. The van der Waals surface area contributed by atoms with Gasteiger partial charge in [-0.25, -0.2) is 0 Å². The smallest absolute Gasteiger partial charge is 0.195 e. The van der Waals surface area contributed by atoms with Gasteiger partial charge in [-0.05, 0) is 31.2 Å². The first-order valence-corrected chi connectivity index (χ1v) is 6.68. The quantitative estimate of drug-likeness (QED) is 0.734. The van der Waals surface area contributed by atoms with E-state index in [0.717, 1.165) is 9.35 Å². The molecule has 0 saturated heterocycles. The Morgan fingerprint density at radius 3 is 2.75 bits per heavy atom. The predicted octanol–water partition coefficient (Wildman–Crippen LogP) is 4.70. The molecule has 0 amide bonds. The minimum absolute atomic E-state index is 0.0318. The number of hydrogen-bond acceptors (Lipinski definition) is 2. The summed E-state index contributed by atoms with van der Waals surface area (Å²) in [6.45, 7) is 1.98. The second-order valence-electron chi connectivity index (χ2n) is 3.40. The summed E-state index contributed by atoms with van der Waals surface area (Å²) in [5, 5.41) is 2.34. The average molecular weight is 316 g/mol. The highest BCUT2D eigenvalue weighted by molar-refractivity contribution is 9.10. The number of carbonyl (C=O) groups excluding carboxylic acids is 1. The Labute approximate surface area is 111 Å². The molecule has 0 atom stereocenters. The van der Waals surface area contributed by atoms with Crippen molar-refractivity contribution in [3.8, 4) is 0 Å². The lowest BCUT2D eigenvalue weighted by Crippen LogP contribution is -2.00. The standard InChI is InChI=1S/C12H8BrClOS/c1-7-4-8(6-16-7)12(15)10-5-9(13)2-3-11(10)14/h2-6H,1H3. The number of halogens is 2. The molecule has 0 bridgehead atoms. The van der Waals surface area contributed by atoms with Gasteiger partial charge in [-0.3, -0.25) is 4.79 Å². The molecule has 0 aliphatic carbocycles. The second kappa shape index (κ2) is 4.70. The third kappa shape index (κ3) is 2.37. The van der Waals surface area contributed by atoms with Gasteiger partial charge < -0.3 is 0 Å². The first-order chi connectivity index (χ1) is 7.58. The van der Waals surface area contributed by atoms with Gasteiger partial charge in [-0.1, -0.05) is 27.5 Å². The van der Waals surface area contributed by atoms with E-state index in [9.17, 15) is 4.79 Å². The van der Waals surface area contributed by atoms with Gasteiger partial charge in [0.2, 0.25) is 0 Å². The highest BCUT2D eigenvalue weighted by atomic mass is 79.9. The van der Waals surface area contributed by atoms with Crippen molar-refractivity contribution in [1.29, 1.82) is 0 Å². The summed E-state index contributed by atoms with van der Waals surface area (Å²) in [6.07, 6.45) is 0. The third-order valence-electron chi connectivity index (χ3n) is 2.17. The van der Waals surface area contributed by atoms with Crippen molar-refractivity contribution in [2.45, 2.75) is 6.92 Å². The summed E-state index contributed by atoms with van der Waals surface area (Å²) >= 11 is 10.9. The van der Waals surface area contributed by atoms with Gasteiger partial charge in [0.25, 0.3) is 0 Å². The van der Waals surface area contributed by atoms with Crippen molar-refractivity contribution in [2.24, 2.45) is 0 Å². The first-order valence-electron chi connectivity index (χ1n) is 4.63. The van der Waals surface area contributed by atoms with Crippen LogP contribution in [0.15, 0.2) is 34.1 Å². The van der Waals surface area contributed by atoms with Crippen molar-refractivity contribution in [2.75, 3.05) is 0 Å². The van der Waals surface area contributed by atoms with Crippen LogP contribution in [0.25, 0.3) is 0 Å². The maximum absolute atomic E-state index is 12.1. The zero-order valence-corrected chi connectivity index (χ0v) is 11.6. The zero-order valence-electron chi connectivity index (χ0n) is 8.46. The number of ketones is 1. The number of hydrogen-bond donors (Lipinski definition) is 0. The molecule has 0 radical (unpaired) electrons. The summed E-state index contributed by atoms with van der Waals surface area (Å²) in [7, 11) is 0. The SMILES string of the molecule is Cc1cc(C(=O)c2cc(Br)ccc2Cl)cs1. The fraction of sp³-hybridized carbons (Fsp3) is 0.0833.